The summed E-state index contributed by atoms with van der Waals surface area (Å²) in [5.41, 5.74) is 1.31. The van der Waals surface area contributed by atoms with Gasteiger partial charge in [0, 0.05) is 19.2 Å². The molecule has 7 heteroatoms. The van der Waals surface area contributed by atoms with Crippen molar-refractivity contribution in [2.24, 2.45) is 0 Å². The summed E-state index contributed by atoms with van der Waals surface area (Å²) in [6.45, 7) is 3.29. The molecule has 1 heterocycles. The minimum Gasteiger partial charge on any atom is -0.497 e. The summed E-state index contributed by atoms with van der Waals surface area (Å²) in [7, 11) is 1.59. The Labute approximate surface area is 145 Å². The van der Waals surface area contributed by atoms with Crippen LogP contribution in [0.5, 0.6) is 5.75 Å². The summed E-state index contributed by atoms with van der Waals surface area (Å²) in [5, 5.41) is 5.24. The van der Waals surface area contributed by atoms with E-state index in [2.05, 4.69) is 10.6 Å². The van der Waals surface area contributed by atoms with Gasteiger partial charge in [-0.1, -0.05) is 12.1 Å². The van der Waals surface area contributed by atoms with Crippen LogP contribution in [0.4, 0.5) is 5.69 Å². The monoisotopic (exact) mass is 343 g/mol. The lowest BCUT2D eigenvalue weighted by Gasteiger charge is -2.12. The predicted octanol–water partition coefficient (Wildman–Crippen LogP) is 1.44. The van der Waals surface area contributed by atoms with Crippen molar-refractivity contribution >= 4 is 17.5 Å². The Morgan fingerprint density at radius 3 is 2.40 bits per heavy atom. The number of nitrogens with one attached hydrogen (secondary N) is 2. The lowest BCUT2D eigenvalue weighted by molar-refractivity contribution is -0.121. The highest BCUT2D eigenvalue weighted by Gasteiger charge is 2.11. The first kappa shape index (κ1) is 18.3. The molecule has 25 heavy (non-hydrogen) atoms. The summed E-state index contributed by atoms with van der Waals surface area (Å²) in [6, 6.07) is 10.6. The summed E-state index contributed by atoms with van der Waals surface area (Å²) in [5.74, 6) is 0.115. The number of nitrogens with zero attached hydrogens (tertiary/aromatic N) is 1. The fourth-order valence-corrected chi connectivity index (χ4v) is 2.30. The number of hydrogen-bond donors (Lipinski definition) is 2. The average molecular weight is 343 g/mol. The molecule has 0 aliphatic heterocycles. The van der Waals surface area contributed by atoms with Crippen molar-refractivity contribution in [3.63, 3.8) is 0 Å². The first-order valence-electron chi connectivity index (χ1n) is 7.78. The molecule has 2 aromatic rings. The van der Waals surface area contributed by atoms with Crippen LogP contribution in [-0.2, 0) is 22.7 Å². The van der Waals surface area contributed by atoms with E-state index < -0.39 is 5.56 Å². The van der Waals surface area contributed by atoms with Gasteiger partial charge in [0.2, 0.25) is 11.8 Å². The molecule has 2 amide bonds. The second kappa shape index (κ2) is 8.14. The number of pyridine rings is 1. The second-order valence-corrected chi connectivity index (χ2v) is 5.59. The number of carbonyl (C=O) groups is 2. The van der Waals surface area contributed by atoms with Crippen LogP contribution < -0.4 is 20.9 Å². The molecule has 1 aromatic heterocycles. The standard InChI is InChI=1S/C18H21N3O4/c1-12-4-9-16(20-13(2)22)18(24)21(12)11-17(23)19-10-14-5-7-15(25-3)8-6-14/h4-9H,10-11H2,1-3H3,(H,19,23)(H,20,22). The minimum absolute atomic E-state index is 0.117. The number of methoxy groups -OCH3 is 1. The van der Waals surface area contributed by atoms with Gasteiger partial charge in [-0.3, -0.25) is 14.4 Å². The molecule has 0 atom stereocenters. The zero-order chi connectivity index (χ0) is 18.4. The quantitative estimate of drug-likeness (QED) is 0.830. The predicted molar refractivity (Wildman–Crippen MR) is 94.6 cm³/mol. The lowest BCUT2D eigenvalue weighted by atomic mass is 10.2. The van der Waals surface area contributed by atoms with E-state index in [1.54, 1.807) is 20.1 Å². The molecular formula is C18H21N3O4. The molecule has 0 unspecified atom stereocenters. The molecular weight excluding hydrogens is 322 g/mol. The van der Waals surface area contributed by atoms with Crippen LogP contribution in [0.2, 0.25) is 0 Å². The number of aryl methyl sites for hydroxylation is 1. The molecule has 0 fully saturated rings. The van der Waals surface area contributed by atoms with Gasteiger partial charge in [0.25, 0.3) is 5.56 Å². The number of benzene rings is 1. The highest BCUT2D eigenvalue weighted by atomic mass is 16.5. The zero-order valence-corrected chi connectivity index (χ0v) is 14.5. The maximum absolute atomic E-state index is 12.4. The number of anilines is 1. The molecule has 0 saturated carbocycles. The van der Waals surface area contributed by atoms with Gasteiger partial charge >= 0.3 is 0 Å². The van der Waals surface area contributed by atoms with E-state index in [1.165, 1.54) is 17.6 Å². The van der Waals surface area contributed by atoms with Gasteiger partial charge in [-0.25, -0.2) is 0 Å². The van der Waals surface area contributed by atoms with Gasteiger partial charge < -0.3 is 19.9 Å². The second-order valence-electron chi connectivity index (χ2n) is 5.59. The van der Waals surface area contributed by atoms with E-state index in [0.717, 1.165) is 11.3 Å². The molecule has 0 bridgehead atoms. The normalized spacial score (nSPS) is 10.2. The van der Waals surface area contributed by atoms with E-state index in [-0.39, 0.29) is 24.0 Å². The average Bonchev–Trinajstić information content (AvgIpc) is 2.59. The largest absolute Gasteiger partial charge is 0.497 e. The number of ether oxygens (including phenoxy) is 1. The van der Waals surface area contributed by atoms with Crippen molar-refractivity contribution in [3.8, 4) is 5.75 Å². The van der Waals surface area contributed by atoms with E-state index in [4.69, 9.17) is 4.74 Å². The van der Waals surface area contributed by atoms with E-state index in [1.807, 2.05) is 24.3 Å². The van der Waals surface area contributed by atoms with Crippen LogP contribution in [0.3, 0.4) is 0 Å². The van der Waals surface area contributed by atoms with Crippen molar-refractivity contribution in [1.82, 2.24) is 9.88 Å². The Hall–Kier alpha value is -3.09. The van der Waals surface area contributed by atoms with Crippen molar-refractivity contribution in [1.29, 1.82) is 0 Å². The first-order valence-corrected chi connectivity index (χ1v) is 7.78. The van der Waals surface area contributed by atoms with Crippen molar-refractivity contribution in [3.05, 3.63) is 58.0 Å². The highest BCUT2D eigenvalue weighted by molar-refractivity contribution is 5.88. The van der Waals surface area contributed by atoms with Crippen molar-refractivity contribution in [2.45, 2.75) is 26.9 Å². The van der Waals surface area contributed by atoms with Gasteiger partial charge in [-0.05, 0) is 36.8 Å². The Morgan fingerprint density at radius 1 is 1.12 bits per heavy atom. The third kappa shape index (κ3) is 4.94. The number of amides is 2. The van der Waals surface area contributed by atoms with Crippen molar-refractivity contribution < 1.29 is 14.3 Å². The molecule has 2 rings (SSSR count). The minimum atomic E-state index is -0.408. The third-order valence-electron chi connectivity index (χ3n) is 3.65. The molecule has 132 valence electrons. The molecule has 1 aromatic carbocycles. The SMILES string of the molecule is COc1ccc(CNC(=O)Cn2c(C)ccc(NC(C)=O)c2=O)cc1. The molecule has 7 nitrogen and oxygen atoms in total. The summed E-state index contributed by atoms with van der Waals surface area (Å²) in [6.07, 6.45) is 0. The van der Waals surface area contributed by atoms with Gasteiger partial charge in [-0.2, -0.15) is 0 Å². The highest BCUT2D eigenvalue weighted by Crippen LogP contribution is 2.11. The Balaban J connectivity index is 2.04. The molecule has 0 radical (unpaired) electrons. The molecule has 0 aliphatic rings. The van der Waals surface area contributed by atoms with E-state index in [0.29, 0.717) is 12.2 Å². The maximum atomic E-state index is 12.4. The van der Waals surface area contributed by atoms with Crippen LogP contribution in [0.1, 0.15) is 18.2 Å². The molecule has 0 spiro atoms. The van der Waals surface area contributed by atoms with Crippen LogP contribution in [-0.4, -0.2) is 23.5 Å². The third-order valence-corrected chi connectivity index (χ3v) is 3.65. The molecule has 2 N–H and O–H groups in total. The van der Waals surface area contributed by atoms with Crippen LogP contribution >= 0.6 is 0 Å². The number of hydrogen-bond acceptors (Lipinski definition) is 4. The number of rotatable bonds is 6. The zero-order valence-electron chi connectivity index (χ0n) is 14.5. The van der Waals surface area contributed by atoms with Gasteiger partial charge in [0.1, 0.15) is 18.0 Å². The van der Waals surface area contributed by atoms with Crippen molar-refractivity contribution in [2.75, 3.05) is 12.4 Å². The first-order chi connectivity index (χ1) is 11.9. The molecule has 0 aliphatic carbocycles. The summed E-state index contributed by atoms with van der Waals surface area (Å²) in [4.78, 5) is 35.7. The van der Waals surface area contributed by atoms with E-state index in [9.17, 15) is 14.4 Å². The van der Waals surface area contributed by atoms with Crippen LogP contribution in [0.15, 0.2) is 41.2 Å². The Bertz CT molecular complexity index is 825. The van der Waals surface area contributed by atoms with Crippen LogP contribution in [0, 0.1) is 6.92 Å². The van der Waals surface area contributed by atoms with Crippen LogP contribution in [0.25, 0.3) is 0 Å². The smallest absolute Gasteiger partial charge is 0.274 e. The fraction of sp³-hybridized carbons (Fsp3) is 0.278. The van der Waals surface area contributed by atoms with Gasteiger partial charge in [-0.15, -0.1) is 0 Å². The maximum Gasteiger partial charge on any atom is 0.274 e. The molecule has 0 saturated heterocycles. The van der Waals surface area contributed by atoms with Gasteiger partial charge in [0.15, 0.2) is 0 Å². The van der Waals surface area contributed by atoms with E-state index >= 15 is 0 Å². The number of carbonyl (C=O) groups excluding carboxylic acids is 2. The topological polar surface area (TPSA) is 89.4 Å². The number of aromatic nitrogens is 1. The fourth-order valence-electron chi connectivity index (χ4n) is 2.30. The summed E-state index contributed by atoms with van der Waals surface area (Å²) >= 11 is 0. The Morgan fingerprint density at radius 2 is 1.80 bits per heavy atom. The van der Waals surface area contributed by atoms with Gasteiger partial charge in [0.05, 0.1) is 7.11 Å². The lowest BCUT2D eigenvalue weighted by Crippen LogP contribution is -2.34. The summed E-state index contributed by atoms with van der Waals surface area (Å²) < 4.78 is 6.41. The Kier molecular flexibility index (Phi) is 5.94.